The van der Waals surface area contributed by atoms with Gasteiger partial charge in [0.05, 0.1) is 0 Å². The third-order valence-corrected chi connectivity index (χ3v) is 11.7. The molecule has 0 rings (SSSR count). The molecule has 64 heavy (non-hydrogen) atoms. The maximum absolute atomic E-state index is 12.8. The molecular weight excluding hydrogens is 793 g/mol. The SMILES string of the molecule is CC/C=C\C/C=C\CCCCCCCCCC(=O)OCC(COC(=O)CCCCCCC/C=C\CCCCCCCCCCC)OC(=O)CCCCCCCCC/C=C\C/C=C\CC. The summed E-state index contributed by atoms with van der Waals surface area (Å²) in [6, 6.07) is 0. The van der Waals surface area contributed by atoms with Crippen LogP contribution in [0.4, 0.5) is 0 Å². The first-order chi connectivity index (χ1) is 31.5. The summed E-state index contributed by atoms with van der Waals surface area (Å²) in [5, 5.41) is 0. The van der Waals surface area contributed by atoms with E-state index in [0.29, 0.717) is 19.3 Å². The Morgan fingerprint density at radius 1 is 0.328 bits per heavy atom. The highest BCUT2D eigenvalue weighted by atomic mass is 16.6. The average molecular weight is 895 g/mol. The summed E-state index contributed by atoms with van der Waals surface area (Å²) in [7, 11) is 0. The summed E-state index contributed by atoms with van der Waals surface area (Å²) in [4.78, 5) is 38.1. The lowest BCUT2D eigenvalue weighted by Gasteiger charge is -2.18. The summed E-state index contributed by atoms with van der Waals surface area (Å²) in [6.45, 7) is 6.43. The minimum atomic E-state index is -0.784. The molecule has 0 bridgehead atoms. The Bertz CT molecular complexity index is 1170. The fourth-order valence-electron chi connectivity index (χ4n) is 7.69. The van der Waals surface area contributed by atoms with Crippen molar-refractivity contribution in [3.05, 3.63) is 60.8 Å². The number of carbonyl (C=O) groups excluding carboxylic acids is 3. The van der Waals surface area contributed by atoms with Crippen LogP contribution in [0.15, 0.2) is 60.8 Å². The third-order valence-electron chi connectivity index (χ3n) is 11.7. The molecule has 0 aromatic carbocycles. The number of hydrogen-bond acceptors (Lipinski definition) is 6. The normalized spacial score (nSPS) is 12.5. The predicted octanol–water partition coefficient (Wildman–Crippen LogP) is 18.0. The molecule has 0 radical (unpaired) electrons. The van der Waals surface area contributed by atoms with Crippen molar-refractivity contribution in [2.45, 2.75) is 277 Å². The minimum Gasteiger partial charge on any atom is -0.462 e. The van der Waals surface area contributed by atoms with Crippen molar-refractivity contribution in [1.29, 1.82) is 0 Å². The van der Waals surface area contributed by atoms with Crippen LogP contribution < -0.4 is 0 Å². The zero-order chi connectivity index (χ0) is 46.5. The Morgan fingerprint density at radius 3 is 0.953 bits per heavy atom. The van der Waals surface area contributed by atoms with Gasteiger partial charge in [0.25, 0.3) is 0 Å². The van der Waals surface area contributed by atoms with E-state index in [0.717, 1.165) is 103 Å². The van der Waals surface area contributed by atoms with Gasteiger partial charge in [-0.15, -0.1) is 0 Å². The van der Waals surface area contributed by atoms with Crippen LogP contribution in [0.2, 0.25) is 0 Å². The van der Waals surface area contributed by atoms with Crippen LogP contribution in [0.25, 0.3) is 0 Å². The van der Waals surface area contributed by atoms with E-state index >= 15 is 0 Å². The molecule has 0 aliphatic heterocycles. The molecule has 0 aromatic rings. The molecule has 0 N–H and O–H groups in total. The van der Waals surface area contributed by atoms with Gasteiger partial charge in [-0.2, -0.15) is 0 Å². The van der Waals surface area contributed by atoms with Crippen molar-refractivity contribution in [2.75, 3.05) is 13.2 Å². The summed E-state index contributed by atoms with van der Waals surface area (Å²) in [5.41, 5.74) is 0. The van der Waals surface area contributed by atoms with E-state index in [2.05, 4.69) is 81.5 Å². The molecule has 0 aliphatic carbocycles. The minimum absolute atomic E-state index is 0.0838. The van der Waals surface area contributed by atoms with Crippen LogP contribution in [-0.2, 0) is 28.6 Å². The highest BCUT2D eigenvalue weighted by molar-refractivity contribution is 5.71. The first kappa shape index (κ1) is 61.1. The molecule has 6 heteroatoms. The van der Waals surface area contributed by atoms with Gasteiger partial charge in [-0.05, 0) is 96.3 Å². The standard InChI is InChI=1S/C58H102O6/c1-4-7-10-13-16-19-22-25-28-29-30-31-34-36-39-42-45-48-51-57(60)63-54-55(64-58(61)52-49-46-43-40-37-33-27-24-21-18-15-12-9-6-3)53-62-56(59)50-47-44-41-38-35-32-26-23-20-17-14-11-8-5-2/h8-9,11-12,17-18,20-21,30-31,55H,4-7,10,13-16,19,22-29,32-54H2,1-3H3/b11-8-,12-9-,20-17-,21-18-,31-30-. The van der Waals surface area contributed by atoms with Crippen molar-refractivity contribution >= 4 is 17.9 Å². The van der Waals surface area contributed by atoms with Gasteiger partial charge in [0.1, 0.15) is 13.2 Å². The first-order valence-electron chi connectivity index (χ1n) is 27.3. The van der Waals surface area contributed by atoms with E-state index in [1.54, 1.807) is 0 Å². The second-order valence-corrected chi connectivity index (χ2v) is 18.1. The van der Waals surface area contributed by atoms with Gasteiger partial charge in [0.2, 0.25) is 0 Å². The number of allylic oxidation sites excluding steroid dienone is 10. The largest absolute Gasteiger partial charge is 0.462 e. The third kappa shape index (κ3) is 50.1. The Labute approximate surface area is 396 Å². The highest BCUT2D eigenvalue weighted by Gasteiger charge is 2.19. The predicted molar refractivity (Wildman–Crippen MR) is 275 cm³/mol. The molecule has 0 amide bonds. The fourth-order valence-corrected chi connectivity index (χ4v) is 7.69. The van der Waals surface area contributed by atoms with E-state index in [-0.39, 0.29) is 31.1 Å². The van der Waals surface area contributed by atoms with Gasteiger partial charge in [-0.3, -0.25) is 14.4 Å². The molecule has 0 saturated heterocycles. The lowest BCUT2D eigenvalue weighted by molar-refractivity contribution is -0.167. The lowest BCUT2D eigenvalue weighted by atomic mass is 10.1. The summed E-state index contributed by atoms with van der Waals surface area (Å²) in [5.74, 6) is -0.901. The average Bonchev–Trinajstić information content (AvgIpc) is 3.29. The number of carbonyl (C=O) groups is 3. The summed E-state index contributed by atoms with van der Waals surface area (Å²) in [6.07, 6.45) is 64.9. The number of hydrogen-bond donors (Lipinski definition) is 0. The number of ether oxygens (including phenoxy) is 3. The molecule has 1 atom stereocenters. The summed E-state index contributed by atoms with van der Waals surface area (Å²) < 4.78 is 16.8. The van der Waals surface area contributed by atoms with Crippen molar-refractivity contribution in [1.82, 2.24) is 0 Å². The maximum atomic E-state index is 12.8. The van der Waals surface area contributed by atoms with Crippen molar-refractivity contribution in [2.24, 2.45) is 0 Å². The molecule has 0 fully saturated rings. The molecule has 1 unspecified atom stereocenters. The molecule has 0 saturated carbocycles. The second-order valence-electron chi connectivity index (χ2n) is 18.1. The molecule has 6 nitrogen and oxygen atoms in total. The van der Waals surface area contributed by atoms with Gasteiger partial charge in [-0.25, -0.2) is 0 Å². The van der Waals surface area contributed by atoms with Gasteiger partial charge in [0.15, 0.2) is 6.10 Å². The van der Waals surface area contributed by atoms with Gasteiger partial charge >= 0.3 is 17.9 Å². The van der Waals surface area contributed by atoms with Crippen LogP contribution >= 0.6 is 0 Å². The highest BCUT2D eigenvalue weighted by Crippen LogP contribution is 2.15. The monoisotopic (exact) mass is 895 g/mol. The fraction of sp³-hybridized carbons (Fsp3) is 0.776. The Kier molecular flexibility index (Phi) is 50.4. The Hall–Kier alpha value is -2.89. The second kappa shape index (κ2) is 52.7. The van der Waals surface area contributed by atoms with E-state index in [9.17, 15) is 14.4 Å². The van der Waals surface area contributed by atoms with Crippen LogP contribution in [0.5, 0.6) is 0 Å². The number of unbranched alkanes of at least 4 members (excludes halogenated alkanes) is 28. The number of rotatable bonds is 49. The Balaban J connectivity index is 4.37. The molecular formula is C58H102O6. The van der Waals surface area contributed by atoms with Crippen LogP contribution in [0.1, 0.15) is 271 Å². The molecule has 0 aliphatic rings. The number of esters is 3. The molecule has 0 aromatic heterocycles. The van der Waals surface area contributed by atoms with Crippen LogP contribution in [0.3, 0.4) is 0 Å². The first-order valence-corrected chi connectivity index (χ1v) is 27.3. The molecule has 0 spiro atoms. The van der Waals surface area contributed by atoms with E-state index in [1.165, 1.54) is 128 Å². The van der Waals surface area contributed by atoms with Crippen molar-refractivity contribution in [3.8, 4) is 0 Å². The zero-order valence-corrected chi connectivity index (χ0v) is 42.3. The summed E-state index contributed by atoms with van der Waals surface area (Å²) >= 11 is 0. The lowest BCUT2D eigenvalue weighted by Crippen LogP contribution is -2.30. The maximum Gasteiger partial charge on any atom is 0.306 e. The van der Waals surface area contributed by atoms with E-state index in [1.807, 2.05) is 0 Å². The Morgan fingerprint density at radius 2 is 0.609 bits per heavy atom. The van der Waals surface area contributed by atoms with Crippen LogP contribution in [-0.4, -0.2) is 37.2 Å². The van der Waals surface area contributed by atoms with Gasteiger partial charge in [0, 0.05) is 19.3 Å². The van der Waals surface area contributed by atoms with Gasteiger partial charge < -0.3 is 14.2 Å². The van der Waals surface area contributed by atoms with Crippen molar-refractivity contribution in [3.63, 3.8) is 0 Å². The smallest absolute Gasteiger partial charge is 0.306 e. The van der Waals surface area contributed by atoms with Crippen molar-refractivity contribution < 1.29 is 28.6 Å². The van der Waals surface area contributed by atoms with E-state index < -0.39 is 6.10 Å². The molecule has 370 valence electrons. The van der Waals surface area contributed by atoms with E-state index in [4.69, 9.17) is 14.2 Å². The topological polar surface area (TPSA) is 78.9 Å². The van der Waals surface area contributed by atoms with Crippen LogP contribution in [0, 0.1) is 0 Å². The zero-order valence-electron chi connectivity index (χ0n) is 42.3. The quantitative estimate of drug-likeness (QED) is 0.0262. The van der Waals surface area contributed by atoms with Gasteiger partial charge in [-0.1, -0.05) is 216 Å². The molecule has 0 heterocycles.